The van der Waals surface area contributed by atoms with Gasteiger partial charge in [-0.1, -0.05) is 81.3 Å². The molecule has 23 heavy (non-hydrogen) atoms. The second kappa shape index (κ2) is 6.92. The van der Waals surface area contributed by atoms with E-state index in [0.717, 1.165) is 6.54 Å². The van der Waals surface area contributed by atoms with Gasteiger partial charge >= 0.3 is 0 Å². The Labute approximate surface area is 141 Å². The highest BCUT2D eigenvalue weighted by Gasteiger charge is 2.25. The van der Waals surface area contributed by atoms with Gasteiger partial charge < -0.3 is 4.57 Å². The van der Waals surface area contributed by atoms with E-state index in [-0.39, 0.29) is 0 Å². The summed E-state index contributed by atoms with van der Waals surface area (Å²) in [6.07, 6.45) is 1.32. The van der Waals surface area contributed by atoms with Crippen molar-refractivity contribution in [2.45, 2.75) is 57.9 Å². The summed E-state index contributed by atoms with van der Waals surface area (Å²) in [5, 5.41) is 2.79. The van der Waals surface area contributed by atoms with Crippen LogP contribution in [0.4, 0.5) is 0 Å². The first kappa shape index (κ1) is 16.3. The first-order chi connectivity index (χ1) is 11.2. The minimum Gasteiger partial charge on any atom is -0.340 e. The Morgan fingerprint density at radius 1 is 0.739 bits per heavy atom. The summed E-state index contributed by atoms with van der Waals surface area (Å²) in [6, 6.07) is 23.5. The van der Waals surface area contributed by atoms with Gasteiger partial charge in [0.25, 0.3) is 0 Å². The predicted octanol–water partition coefficient (Wildman–Crippen LogP) is 6.69. The molecule has 1 nitrogen and oxygen atoms in total. The summed E-state index contributed by atoms with van der Waals surface area (Å²) in [6.45, 7) is 8.40. The number of benzene rings is 2. The van der Waals surface area contributed by atoms with Gasteiger partial charge in [0, 0.05) is 28.4 Å². The van der Waals surface area contributed by atoms with Crippen LogP contribution in [0, 0.1) is 0 Å². The Hall–Kier alpha value is -1.54. The van der Waals surface area contributed by atoms with Gasteiger partial charge in [-0.2, -0.15) is 0 Å². The summed E-state index contributed by atoms with van der Waals surface area (Å²) in [5.74, 6) is 0. The van der Waals surface area contributed by atoms with Crippen LogP contribution in [-0.4, -0.2) is 12.6 Å². The number of para-hydroxylation sites is 2. The van der Waals surface area contributed by atoms with E-state index in [4.69, 9.17) is 0 Å². The maximum absolute atomic E-state index is 2.55. The number of hydrogen-bond donors (Lipinski definition) is 0. The molecule has 0 saturated heterocycles. The minimum atomic E-state index is -0.999. The fraction of sp³-hybridized carbons (Fsp3) is 0.429. The van der Waals surface area contributed by atoms with Crippen molar-refractivity contribution in [3.05, 3.63) is 48.5 Å². The summed E-state index contributed by atoms with van der Waals surface area (Å²) >= 11 is 0. The van der Waals surface area contributed by atoms with Gasteiger partial charge in [-0.25, -0.2) is 0 Å². The molecular formula is C21H29NSi. The molecule has 0 atom stereocenters. The second-order valence-corrected chi connectivity index (χ2v) is 12.5. The molecule has 122 valence electrons. The first-order valence-corrected chi connectivity index (χ1v) is 12.0. The van der Waals surface area contributed by atoms with Crippen LogP contribution in [0.2, 0.25) is 24.2 Å². The third kappa shape index (κ3) is 2.97. The Morgan fingerprint density at radius 2 is 1.22 bits per heavy atom. The molecule has 1 heterocycles. The Morgan fingerprint density at radius 3 is 1.70 bits per heavy atom. The van der Waals surface area contributed by atoms with Gasteiger partial charge in [-0.3, -0.25) is 0 Å². The topological polar surface area (TPSA) is 4.93 Å². The van der Waals surface area contributed by atoms with Crippen molar-refractivity contribution in [3.63, 3.8) is 0 Å². The van der Waals surface area contributed by atoms with Crippen molar-refractivity contribution in [2.24, 2.45) is 0 Å². The van der Waals surface area contributed by atoms with Crippen LogP contribution < -0.4 is 0 Å². The molecule has 0 radical (unpaired) electrons. The van der Waals surface area contributed by atoms with Gasteiger partial charge in [0.15, 0.2) is 0 Å². The van der Waals surface area contributed by atoms with Gasteiger partial charge in [-0.05, 0) is 18.6 Å². The van der Waals surface area contributed by atoms with Crippen LogP contribution in [0.5, 0.6) is 0 Å². The molecule has 1 aromatic heterocycles. The highest BCUT2D eigenvalue weighted by molar-refractivity contribution is 6.79. The SMILES string of the molecule is CC[Si](CC)(CC)CCCn1c2ccccc2c2ccccc21. The lowest BCUT2D eigenvalue weighted by molar-refractivity contribution is 0.712. The lowest BCUT2D eigenvalue weighted by Gasteiger charge is -2.28. The van der Waals surface area contributed by atoms with Crippen molar-refractivity contribution in [1.29, 1.82) is 0 Å². The average Bonchev–Trinajstić information content (AvgIpc) is 2.94. The van der Waals surface area contributed by atoms with Crippen LogP contribution >= 0.6 is 0 Å². The molecule has 0 amide bonds. The van der Waals surface area contributed by atoms with E-state index in [1.807, 2.05) is 0 Å². The molecule has 0 aliphatic rings. The molecule has 0 saturated carbocycles. The molecule has 0 spiro atoms. The van der Waals surface area contributed by atoms with Crippen LogP contribution in [0.1, 0.15) is 27.2 Å². The molecule has 2 aromatic carbocycles. The second-order valence-electron chi connectivity index (χ2n) is 6.85. The van der Waals surface area contributed by atoms with Crippen molar-refractivity contribution >= 4 is 29.9 Å². The minimum absolute atomic E-state index is 0.999. The molecular weight excluding hydrogens is 294 g/mol. The molecule has 0 N–H and O–H groups in total. The van der Waals surface area contributed by atoms with Crippen LogP contribution in [0.25, 0.3) is 21.8 Å². The van der Waals surface area contributed by atoms with Crippen molar-refractivity contribution in [1.82, 2.24) is 4.57 Å². The smallest absolute Gasteiger partial charge is 0.0528 e. The van der Waals surface area contributed by atoms with Crippen molar-refractivity contribution in [3.8, 4) is 0 Å². The maximum atomic E-state index is 2.55. The van der Waals surface area contributed by atoms with Crippen LogP contribution in [-0.2, 0) is 6.54 Å². The highest BCUT2D eigenvalue weighted by Crippen LogP contribution is 2.31. The van der Waals surface area contributed by atoms with Crippen LogP contribution in [0.3, 0.4) is 0 Å². The van der Waals surface area contributed by atoms with E-state index in [2.05, 4.69) is 73.9 Å². The van der Waals surface area contributed by atoms with Gasteiger partial charge in [0.2, 0.25) is 0 Å². The quantitative estimate of drug-likeness (QED) is 0.427. The number of aromatic nitrogens is 1. The third-order valence-corrected chi connectivity index (χ3v) is 11.9. The zero-order chi connectivity index (χ0) is 16.3. The summed E-state index contributed by atoms with van der Waals surface area (Å²) in [5.41, 5.74) is 2.79. The number of nitrogens with zero attached hydrogens (tertiary/aromatic N) is 1. The van der Waals surface area contributed by atoms with Gasteiger partial charge in [0.1, 0.15) is 0 Å². The molecule has 3 rings (SSSR count). The Balaban J connectivity index is 1.90. The molecule has 0 aliphatic carbocycles. The molecule has 0 fully saturated rings. The monoisotopic (exact) mass is 323 g/mol. The van der Waals surface area contributed by atoms with E-state index >= 15 is 0 Å². The fourth-order valence-electron chi connectivity index (χ4n) is 4.14. The molecule has 0 bridgehead atoms. The lowest BCUT2D eigenvalue weighted by atomic mass is 10.2. The number of rotatable bonds is 7. The third-order valence-electron chi connectivity index (χ3n) is 6.02. The van der Waals surface area contributed by atoms with Gasteiger partial charge in [-0.15, -0.1) is 0 Å². The van der Waals surface area contributed by atoms with Crippen molar-refractivity contribution in [2.75, 3.05) is 0 Å². The normalized spacial score (nSPS) is 12.3. The average molecular weight is 324 g/mol. The number of fused-ring (bicyclic) bond motifs is 3. The van der Waals surface area contributed by atoms with E-state index in [9.17, 15) is 0 Å². The first-order valence-electron chi connectivity index (χ1n) is 9.20. The van der Waals surface area contributed by atoms with E-state index < -0.39 is 8.07 Å². The molecule has 0 aliphatic heterocycles. The Kier molecular flexibility index (Phi) is 4.91. The standard InChI is InChI=1S/C21H29NSi/c1-4-23(5-2,6-3)17-11-16-22-20-14-9-7-12-18(20)19-13-8-10-15-21(19)22/h7-10,12-15H,4-6,11,16-17H2,1-3H3. The summed E-state index contributed by atoms with van der Waals surface area (Å²) in [4.78, 5) is 0. The molecule has 3 aromatic rings. The van der Waals surface area contributed by atoms with E-state index in [0.29, 0.717) is 0 Å². The summed E-state index contributed by atoms with van der Waals surface area (Å²) in [7, 11) is -0.999. The van der Waals surface area contributed by atoms with Crippen LogP contribution in [0.15, 0.2) is 48.5 Å². The van der Waals surface area contributed by atoms with E-state index in [1.165, 1.54) is 52.4 Å². The van der Waals surface area contributed by atoms with Gasteiger partial charge in [0.05, 0.1) is 8.07 Å². The number of hydrogen-bond acceptors (Lipinski definition) is 0. The largest absolute Gasteiger partial charge is 0.340 e. The predicted molar refractivity (Wildman–Crippen MR) is 106 cm³/mol. The molecule has 2 heteroatoms. The number of aryl methyl sites for hydroxylation is 1. The highest BCUT2D eigenvalue weighted by atomic mass is 28.3. The lowest BCUT2D eigenvalue weighted by Crippen LogP contribution is -2.31. The molecule has 0 unspecified atom stereocenters. The zero-order valence-electron chi connectivity index (χ0n) is 14.8. The zero-order valence-corrected chi connectivity index (χ0v) is 15.8. The fourth-order valence-corrected chi connectivity index (χ4v) is 7.61. The van der Waals surface area contributed by atoms with E-state index in [1.54, 1.807) is 0 Å². The maximum Gasteiger partial charge on any atom is 0.0528 e. The van der Waals surface area contributed by atoms with Crippen molar-refractivity contribution < 1.29 is 0 Å². The summed E-state index contributed by atoms with van der Waals surface area (Å²) < 4.78 is 2.55. The Bertz CT molecular complexity index is 721.